The van der Waals surface area contributed by atoms with Gasteiger partial charge in [-0.3, -0.25) is 0 Å². The Labute approximate surface area is 145 Å². The normalized spacial score (nSPS) is 10.9. The van der Waals surface area contributed by atoms with Gasteiger partial charge >= 0.3 is 145 Å². The van der Waals surface area contributed by atoms with Crippen molar-refractivity contribution in [3.05, 3.63) is 71.3 Å². The fraction of sp³-hybridized carbons (Fsp3) is 0.0526. The van der Waals surface area contributed by atoms with Gasteiger partial charge in [0.2, 0.25) is 0 Å². The van der Waals surface area contributed by atoms with Gasteiger partial charge in [-0.2, -0.15) is 0 Å². The maximum atomic E-state index is 11.9. The molecular weight excluding hydrogens is 367 g/mol. The molecule has 0 saturated heterocycles. The first-order valence-electron chi connectivity index (χ1n) is 7.49. The number of nitrogens with zero attached hydrogens (tertiary/aromatic N) is 2. The van der Waals surface area contributed by atoms with Gasteiger partial charge in [0.25, 0.3) is 0 Å². The number of carbonyl (C=O) groups excluding carboxylic acids is 1. The SMILES string of the molecule is COC(=O)c1cn2c(-c3ccccc3)c(-c3ccccc3)nc2[se]1. The molecule has 0 N–H and O–H groups in total. The van der Waals surface area contributed by atoms with Crippen LogP contribution in [0.2, 0.25) is 0 Å². The molecule has 0 aliphatic rings. The summed E-state index contributed by atoms with van der Waals surface area (Å²) in [7, 11) is 1.41. The first-order chi connectivity index (χ1) is 11.8. The number of rotatable bonds is 3. The molecule has 0 bridgehead atoms. The van der Waals surface area contributed by atoms with Gasteiger partial charge in [0.15, 0.2) is 0 Å². The summed E-state index contributed by atoms with van der Waals surface area (Å²) >= 11 is -0.149. The fourth-order valence-corrected chi connectivity index (χ4v) is 4.60. The van der Waals surface area contributed by atoms with Crippen LogP contribution in [-0.2, 0) is 4.74 Å². The van der Waals surface area contributed by atoms with Gasteiger partial charge in [-0.25, -0.2) is 0 Å². The average molecular weight is 381 g/mol. The van der Waals surface area contributed by atoms with E-state index in [0.29, 0.717) is 4.44 Å². The van der Waals surface area contributed by atoms with Crippen LogP contribution in [0.3, 0.4) is 0 Å². The first-order valence-corrected chi connectivity index (χ1v) is 9.20. The average Bonchev–Trinajstić information content (AvgIpc) is 3.20. The third-order valence-electron chi connectivity index (χ3n) is 3.81. The number of benzene rings is 2. The van der Waals surface area contributed by atoms with Gasteiger partial charge in [-0.1, -0.05) is 0 Å². The zero-order valence-electron chi connectivity index (χ0n) is 13.0. The van der Waals surface area contributed by atoms with E-state index in [9.17, 15) is 4.79 Å². The number of hydrogen-bond acceptors (Lipinski definition) is 3. The molecule has 0 spiro atoms. The van der Waals surface area contributed by atoms with E-state index in [1.165, 1.54) is 7.11 Å². The molecule has 5 heteroatoms. The molecule has 2 aromatic carbocycles. The molecule has 4 nitrogen and oxygen atoms in total. The summed E-state index contributed by atoms with van der Waals surface area (Å²) in [5.74, 6) is -0.277. The van der Waals surface area contributed by atoms with E-state index >= 15 is 0 Å². The Bertz CT molecular complexity index is 1000. The number of fused-ring (bicyclic) bond motifs is 1. The number of imidazole rings is 1. The summed E-state index contributed by atoms with van der Waals surface area (Å²) in [6, 6.07) is 20.3. The predicted molar refractivity (Wildman–Crippen MR) is 94.3 cm³/mol. The molecule has 2 heterocycles. The third kappa shape index (κ3) is 2.48. The van der Waals surface area contributed by atoms with Crippen molar-refractivity contribution in [3.8, 4) is 22.5 Å². The minimum absolute atomic E-state index is 0.149. The molecule has 0 unspecified atom stereocenters. The van der Waals surface area contributed by atoms with Crippen LogP contribution in [0, 0.1) is 0 Å². The van der Waals surface area contributed by atoms with E-state index in [1.54, 1.807) is 0 Å². The number of aromatic nitrogens is 2. The molecule has 0 fully saturated rings. The number of methoxy groups -OCH3 is 1. The summed E-state index contributed by atoms with van der Waals surface area (Å²) in [6.45, 7) is 0. The second kappa shape index (κ2) is 6.11. The predicted octanol–water partition coefficient (Wildman–Crippen LogP) is 3.51. The Morgan fingerprint density at radius 3 is 2.25 bits per heavy atom. The van der Waals surface area contributed by atoms with Crippen LogP contribution in [0.4, 0.5) is 0 Å². The molecular formula is C19H14N2O2Se. The summed E-state index contributed by atoms with van der Waals surface area (Å²) in [5.41, 5.74) is 4.10. The molecule has 0 aliphatic carbocycles. The first kappa shape index (κ1) is 14.9. The molecule has 2 aromatic heterocycles. The molecule has 118 valence electrons. The molecule has 24 heavy (non-hydrogen) atoms. The molecule has 0 amide bonds. The van der Waals surface area contributed by atoms with Crippen molar-refractivity contribution in [1.82, 2.24) is 9.38 Å². The monoisotopic (exact) mass is 382 g/mol. The van der Waals surface area contributed by atoms with Crippen LogP contribution < -0.4 is 0 Å². The summed E-state index contributed by atoms with van der Waals surface area (Å²) < 4.78 is 8.50. The van der Waals surface area contributed by atoms with E-state index in [0.717, 1.165) is 27.0 Å². The molecule has 0 saturated carbocycles. The molecule has 4 aromatic rings. The minimum atomic E-state index is -0.277. The summed E-state index contributed by atoms with van der Waals surface area (Å²) in [5, 5.41) is 0. The topological polar surface area (TPSA) is 43.6 Å². The third-order valence-corrected chi connectivity index (χ3v) is 5.83. The van der Waals surface area contributed by atoms with Crippen LogP contribution in [0.15, 0.2) is 66.9 Å². The van der Waals surface area contributed by atoms with Crippen molar-refractivity contribution in [3.63, 3.8) is 0 Å². The molecule has 0 radical (unpaired) electrons. The zero-order valence-corrected chi connectivity index (χ0v) is 14.7. The van der Waals surface area contributed by atoms with Crippen LogP contribution in [0.25, 0.3) is 27.0 Å². The zero-order chi connectivity index (χ0) is 16.5. The van der Waals surface area contributed by atoms with Gasteiger partial charge in [0, 0.05) is 0 Å². The fourth-order valence-electron chi connectivity index (χ4n) is 2.71. The van der Waals surface area contributed by atoms with Gasteiger partial charge in [-0.05, 0) is 0 Å². The van der Waals surface area contributed by atoms with Crippen molar-refractivity contribution in [2.45, 2.75) is 0 Å². The Balaban J connectivity index is 1.99. The second-order valence-corrected chi connectivity index (χ2v) is 7.40. The van der Waals surface area contributed by atoms with Gasteiger partial charge in [0.1, 0.15) is 0 Å². The van der Waals surface area contributed by atoms with Gasteiger partial charge in [0.05, 0.1) is 0 Å². The number of hydrogen-bond donors (Lipinski definition) is 0. The second-order valence-electron chi connectivity index (χ2n) is 5.28. The molecule has 0 aliphatic heterocycles. The van der Waals surface area contributed by atoms with E-state index in [-0.39, 0.29) is 20.5 Å². The van der Waals surface area contributed by atoms with Gasteiger partial charge < -0.3 is 0 Å². The number of carbonyl (C=O) groups is 1. The number of ether oxygens (including phenoxy) is 1. The van der Waals surface area contributed by atoms with Crippen molar-refractivity contribution >= 4 is 25.0 Å². The van der Waals surface area contributed by atoms with E-state index in [2.05, 4.69) is 24.3 Å². The van der Waals surface area contributed by atoms with Crippen molar-refractivity contribution in [1.29, 1.82) is 0 Å². The van der Waals surface area contributed by atoms with Crippen LogP contribution in [0.1, 0.15) is 9.23 Å². The van der Waals surface area contributed by atoms with Crippen molar-refractivity contribution in [2.24, 2.45) is 0 Å². The maximum absolute atomic E-state index is 11.9. The standard InChI is InChI=1S/C19H14N2O2Se/c1-23-18(22)15-12-21-17(14-10-6-3-7-11-14)16(20-19(21)24-15)13-8-4-2-5-9-13/h2-12H,1H3. The summed E-state index contributed by atoms with van der Waals surface area (Å²) in [4.78, 5) is 16.7. The van der Waals surface area contributed by atoms with Crippen LogP contribution in [0.5, 0.6) is 0 Å². The number of esters is 1. The Kier molecular flexibility index (Phi) is 3.81. The summed E-state index contributed by atoms with van der Waals surface area (Å²) in [6.07, 6.45) is 1.86. The Morgan fingerprint density at radius 2 is 1.62 bits per heavy atom. The van der Waals surface area contributed by atoms with E-state index < -0.39 is 0 Å². The quantitative estimate of drug-likeness (QED) is 0.403. The van der Waals surface area contributed by atoms with E-state index in [1.807, 2.05) is 47.0 Å². The van der Waals surface area contributed by atoms with Crippen molar-refractivity contribution < 1.29 is 9.53 Å². The van der Waals surface area contributed by atoms with Gasteiger partial charge in [-0.15, -0.1) is 0 Å². The van der Waals surface area contributed by atoms with Crippen LogP contribution >= 0.6 is 0 Å². The van der Waals surface area contributed by atoms with Crippen LogP contribution in [-0.4, -0.2) is 37.0 Å². The Morgan fingerprint density at radius 1 is 1.00 bits per heavy atom. The Hall–Kier alpha value is -2.62. The van der Waals surface area contributed by atoms with E-state index in [4.69, 9.17) is 9.72 Å². The molecule has 4 rings (SSSR count). The van der Waals surface area contributed by atoms with Crippen molar-refractivity contribution in [2.75, 3.05) is 7.11 Å². The molecule has 0 atom stereocenters.